The molecule has 0 aliphatic carbocycles. The predicted molar refractivity (Wildman–Crippen MR) is 144 cm³/mol. The zero-order valence-corrected chi connectivity index (χ0v) is 22.2. The van der Waals surface area contributed by atoms with E-state index in [9.17, 15) is 4.79 Å². The molecule has 1 N–H and O–H groups in total. The van der Waals surface area contributed by atoms with Crippen molar-refractivity contribution in [3.05, 3.63) is 82.4 Å². The monoisotopic (exact) mass is 524 g/mol. The molecule has 37 heavy (non-hydrogen) atoms. The van der Waals surface area contributed by atoms with E-state index in [0.717, 1.165) is 48.6 Å². The summed E-state index contributed by atoms with van der Waals surface area (Å²) in [6.45, 7) is 4.49. The van der Waals surface area contributed by atoms with Crippen LogP contribution in [0.3, 0.4) is 0 Å². The molecule has 4 rings (SSSR count). The summed E-state index contributed by atoms with van der Waals surface area (Å²) in [5.74, 6) is 2.07. The summed E-state index contributed by atoms with van der Waals surface area (Å²) in [5, 5.41) is 3.28. The highest BCUT2D eigenvalue weighted by atomic mass is 35.5. The van der Waals surface area contributed by atoms with Crippen molar-refractivity contribution in [2.75, 3.05) is 27.3 Å². The Kier molecular flexibility index (Phi) is 9.14. The van der Waals surface area contributed by atoms with Gasteiger partial charge in [0, 0.05) is 13.1 Å². The number of rotatable bonds is 11. The highest BCUT2D eigenvalue weighted by molar-refractivity contribution is 6.35. The van der Waals surface area contributed by atoms with Crippen molar-refractivity contribution in [2.24, 2.45) is 0 Å². The van der Waals surface area contributed by atoms with Crippen LogP contribution in [-0.2, 0) is 13.2 Å². The molecule has 0 saturated carbocycles. The Morgan fingerprint density at radius 3 is 1.95 bits per heavy atom. The number of hydrogen-bond donors (Lipinski definition) is 1. The molecule has 0 aromatic heterocycles. The predicted octanol–water partition coefficient (Wildman–Crippen LogP) is 5.69. The van der Waals surface area contributed by atoms with Crippen LogP contribution in [0.15, 0.2) is 60.7 Å². The largest absolute Gasteiger partial charge is 0.497 e. The molecule has 1 saturated heterocycles. The molecular weight excluding hydrogens is 492 g/mol. The van der Waals surface area contributed by atoms with Crippen LogP contribution in [0.5, 0.6) is 23.0 Å². The van der Waals surface area contributed by atoms with Crippen molar-refractivity contribution in [1.29, 1.82) is 0 Å². The van der Waals surface area contributed by atoms with Gasteiger partial charge in [-0.2, -0.15) is 0 Å². The number of nitrogens with one attached hydrogen (secondary N) is 1. The van der Waals surface area contributed by atoms with Gasteiger partial charge in [0.15, 0.2) is 11.5 Å². The first kappa shape index (κ1) is 26.6. The van der Waals surface area contributed by atoms with E-state index in [0.29, 0.717) is 23.7 Å². The Morgan fingerprint density at radius 2 is 1.41 bits per heavy atom. The second-order valence-electron chi connectivity index (χ2n) is 8.92. The molecule has 8 heteroatoms. The van der Waals surface area contributed by atoms with Crippen molar-refractivity contribution < 1.29 is 23.7 Å². The van der Waals surface area contributed by atoms with E-state index in [1.807, 2.05) is 55.5 Å². The molecule has 7 nitrogen and oxygen atoms in total. The first-order valence-electron chi connectivity index (χ1n) is 12.4. The first-order valence-corrected chi connectivity index (χ1v) is 12.7. The van der Waals surface area contributed by atoms with Gasteiger partial charge in [-0.15, -0.1) is 0 Å². The number of benzene rings is 3. The van der Waals surface area contributed by atoms with Gasteiger partial charge >= 0.3 is 0 Å². The van der Waals surface area contributed by atoms with Gasteiger partial charge in [-0.25, -0.2) is 0 Å². The second-order valence-corrected chi connectivity index (χ2v) is 9.30. The maximum Gasteiger partial charge on any atom is 0.254 e. The summed E-state index contributed by atoms with van der Waals surface area (Å²) in [6, 6.07) is 18.6. The molecule has 1 fully saturated rings. The zero-order valence-electron chi connectivity index (χ0n) is 21.5. The molecule has 196 valence electrons. The summed E-state index contributed by atoms with van der Waals surface area (Å²) < 4.78 is 22.7. The van der Waals surface area contributed by atoms with Crippen LogP contribution in [0.25, 0.3) is 0 Å². The molecule has 1 unspecified atom stereocenters. The van der Waals surface area contributed by atoms with Crippen LogP contribution in [0.2, 0.25) is 5.02 Å². The highest BCUT2D eigenvalue weighted by Gasteiger charge is 2.24. The number of methoxy groups -OCH3 is 2. The number of carbonyl (C=O) groups excluding carboxylic acids is 1. The number of ether oxygens (including phenoxy) is 4. The maximum absolute atomic E-state index is 13.1. The normalized spacial score (nSPS) is 14.2. The zero-order chi connectivity index (χ0) is 26.2. The molecule has 3 aromatic rings. The lowest BCUT2D eigenvalue weighted by Gasteiger charge is -2.25. The average Bonchev–Trinajstić information content (AvgIpc) is 3.47. The van der Waals surface area contributed by atoms with E-state index < -0.39 is 0 Å². The standard InChI is InChI=1S/C29H33ClN2O5/c1-20(32-16-4-5-17-32)31-29(33)25-14-15-26(36-18-21-6-10-23(34-2)11-7-21)28(27(25)30)37-19-22-8-12-24(35-3)13-9-22/h6-15,20H,4-5,16-19H2,1-3H3,(H,31,33). The van der Waals surface area contributed by atoms with Crippen molar-refractivity contribution in [3.63, 3.8) is 0 Å². The second kappa shape index (κ2) is 12.7. The Labute approximate surface area is 223 Å². The number of likely N-dealkylation sites (tertiary alicyclic amines) is 1. The third kappa shape index (κ3) is 6.87. The molecule has 0 spiro atoms. The molecule has 1 aliphatic heterocycles. The van der Waals surface area contributed by atoms with E-state index in [1.165, 1.54) is 0 Å². The molecule has 3 aromatic carbocycles. The SMILES string of the molecule is COc1ccc(COc2ccc(C(=O)NC(C)N3CCCC3)c(Cl)c2OCc2ccc(OC)cc2)cc1. The van der Waals surface area contributed by atoms with Gasteiger partial charge in [0.1, 0.15) is 24.7 Å². The van der Waals surface area contributed by atoms with E-state index in [4.69, 9.17) is 30.5 Å². The van der Waals surface area contributed by atoms with Crippen LogP contribution in [-0.4, -0.2) is 44.3 Å². The third-order valence-corrected chi connectivity index (χ3v) is 6.80. The quantitative estimate of drug-likeness (QED) is 0.348. The lowest BCUT2D eigenvalue weighted by Crippen LogP contribution is -2.44. The minimum Gasteiger partial charge on any atom is -0.497 e. The lowest BCUT2D eigenvalue weighted by atomic mass is 10.1. The number of nitrogens with zero attached hydrogens (tertiary/aromatic N) is 1. The van der Waals surface area contributed by atoms with E-state index in [2.05, 4.69) is 10.2 Å². The fourth-order valence-electron chi connectivity index (χ4n) is 4.21. The lowest BCUT2D eigenvalue weighted by molar-refractivity contribution is 0.0885. The molecule has 1 aliphatic rings. The van der Waals surface area contributed by atoms with Gasteiger partial charge in [0.2, 0.25) is 0 Å². The Balaban J connectivity index is 1.54. The van der Waals surface area contributed by atoms with Crippen LogP contribution >= 0.6 is 11.6 Å². The van der Waals surface area contributed by atoms with E-state index >= 15 is 0 Å². The van der Waals surface area contributed by atoms with Crippen molar-refractivity contribution >= 4 is 17.5 Å². The van der Waals surface area contributed by atoms with Crippen LogP contribution in [0, 0.1) is 0 Å². The Morgan fingerprint density at radius 1 is 0.865 bits per heavy atom. The van der Waals surface area contributed by atoms with Gasteiger partial charge in [-0.05, 0) is 67.3 Å². The summed E-state index contributed by atoms with van der Waals surface area (Å²) >= 11 is 6.77. The Bertz CT molecular complexity index is 1180. The Hall–Kier alpha value is -3.42. The summed E-state index contributed by atoms with van der Waals surface area (Å²) in [6.07, 6.45) is 2.20. The number of carbonyl (C=O) groups is 1. The maximum atomic E-state index is 13.1. The first-order chi connectivity index (χ1) is 18.0. The third-order valence-electron chi connectivity index (χ3n) is 6.43. The molecule has 1 heterocycles. The number of hydrogen-bond acceptors (Lipinski definition) is 6. The summed E-state index contributed by atoms with van der Waals surface area (Å²) in [4.78, 5) is 15.4. The highest BCUT2D eigenvalue weighted by Crippen LogP contribution is 2.39. The van der Waals surface area contributed by atoms with Gasteiger partial charge in [0.05, 0.1) is 31.0 Å². The molecular formula is C29H33ClN2O5. The summed E-state index contributed by atoms with van der Waals surface area (Å²) in [7, 11) is 3.25. The topological polar surface area (TPSA) is 69.3 Å². The van der Waals surface area contributed by atoms with Crippen LogP contribution < -0.4 is 24.3 Å². The van der Waals surface area contributed by atoms with Gasteiger partial charge in [-0.3, -0.25) is 9.69 Å². The smallest absolute Gasteiger partial charge is 0.254 e. The molecule has 0 bridgehead atoms. The van der Waals surface area contributed by atoms with Crippen molar-refractivity contribution in [3.8, 4) is 23.0 Å². The number of amides is 1. The van der Waals surface area contributed by atoms with Gasteiger partial charge in [-0.1, -0.05) is 35.9 Å². The van der Waals surface area contributed by atoms with Gasteiger partial charge < -0.3 is 24.3 Å². The van der Waals surface area contributed by atoms with Crippen molar-refractivity contribution in [1.82, 2.24) is 10.2 Å². The fourth-order valence-corrected chi connectivity index (χ4v) is 4.51. The average molecular weight is 525 g/mol. The van der Waals surface area contributed by atoms with Crippen LogP contribution in [0.4, 0.5) is 0 Å². The molecule has 0 radical (unpaired) electrons. The molecule has 1 atom stereocenters. The fraction of sp³-hybridized carbons (Fsp3) is 0.345. The van der Waals surface area contributed by atoms with Crippen molar-refractivity contribution in [2.45, 2.75) is 39.1 Å². The van der Waals surface area contributed by atoms with Gasteiger partial charge in [0.25, 0.3) is 5.91 Å². The minimum atomic E-state index is -0.250. The number of halogens is 1. The molecule has 1 amide bonds. The minimum absolute atomic E-state index is 0.0827. The van der Waals surface area contributed by atoms with Crippen LogP contribution in [0.1, 0.15) is 41.3 Å². The summed E-state index contributed by atoms with van der Waals surface area (Å²) in [5.41, 5.74) is 2.23. The van der Waals surface area contributed by atoms with E-state index in [1.54, 1.807) is 26.4 Å². The van der Waals surface area contributed by atoms with E-state index in [-0.39, 0.29) is 23.7 Å².